The third-order valence-corrected chi connectivity index (χ3v) is 9.26. The third kappa shape index (κ3) is 6.11. The number of carbonyl (C=O) groups is 1. The van der Waals surface area contributed by atoms with Crippen LogP contribution in [-0.2, 0) is 5.75 Å². The fraction of sp³-hybridized carbons (Fsp3) is 0.207. The Hall–Kier alpha value is -3.44. The minimum atomic E-state index is -0.0408. The maximum Gasteiger partial charge on any atom is 0.273 e. The van der Waals surface area contributed by atoms with E-state index in [4.69, 9.17) is 23.2 Å². The molecule has 0 atom stereocenters. The lowest BCUT2D eigenvalue weighted by molar-refractivity contribution is 0.0741. The second-order valence-corrected chi connectivity index (χ2v) is 12.2. The molecular formula is C29H25Cl2N7OS2. The van der Waals surface area contributed by atoms with Crippen molar-refractivity contribution in [1.29, 1.82) is 0 Å². The van der Waals surface area contributed by atoms with Gasteiger partial charge in [0.25, 0.3) is 5.91 Å². The van der Waals surface area contributed by atoms with E-state index in [-0.39, 0.29) is 5.91 Å². The zero-order valence-corrected chi connectivity index (χ0v) is 25.2. The molecule has 3 aromatic heterocycles. The first-order chi connectivity index (χ1) is 20.0. The van der Waals surface area contributed by atoms with Crippen molar-refractivity contribution in [2.45, 2.75) is 17.8 Å². The van der Waals surface area contributed by atoms with E-state index in [9.17, 15) is 4.79 Å². The predicted octanol–water partition coefficient (Wildman–Crippen LogP) is 6.66. The largest absolute Gasteiger partial charge is 0.368 e. The van der Waals surface area contributed by atoms with E-state index in [1.807, 2.05) is 76.4 Å². The van der Waals surface area contributed by atoms with Gasteiger partial charge in [-0.3, -0.25) is 14.3 Å². The topological polar surface area (TPSA) is 80.0 Å². The van der Waals surface area contributed by atoms with E-state index in [0.717, 1.165) is 40.6 Å². The smallest absolute Gasteiger partial charge is 0.273 e. The van der Waals surface area contributed by atoms with Crippen LogP contribution in [0.15, 0.2) is 77.5 Å². The zero-order valence-electron chi connectivity index (χ0n) is 22.1. The molecule has 208 valence electrons. The number of aryl methyl sites for hydroxylation is 1. The van der Waals surface area contributed by atoms with Crippen molar-refractivity contribution in [2.24, 2.45) is 0 Å². The molecule has 1 aliphatic heterocycles. The summed E-state index contributed by atoms with van der Waals surface area (Å²) in [5, 5.41) is 13.8. The number of halogens is 2. The highest BCUT2D eigenvalue weighted by Gasteiger charge is 2.25. The van der Waals surface area contributed by atoms with Gasteiger partial charge in [-0.1, -0.05) is 47.1 Å². The van der Waals surface area contributed by atoms with E-state index in [1.54, 1.807) is 12.4 Å². The molecule has 0 radical (unpaired) electrons. The highest BCUT2D eigenvalue weighted by atomic mass is 35.5. The van der Waals surface area contributed by atoms with E-state index in [1.165, 1.54) is 23.1 Å². The molecule has 1 saturated heterocycles. The molecule has 1 amide bonds. The summed E-state index contributed by atoms with van der Waals surface area (Å²) in [5.74, 6) is 1.21. The number of aromatic nitrogens is 5. The zero-order chi connectivity index (χ0) is 28.3. The molecule has 0 aliphatic carbocycles. The van der Waals surface area contributed by atoms with E-state index in [0.29, 0.717) is 45.6 Å². The molecular weight excluding hydrogens is 597 g/mol. The first kappa shape index (κ1) is 27.7. The Bertz CT molecular complexity index is 1680. The van der Waals surface area contributed by atoms with Gasteiger partial charge in [0.15, 0.2) is 11.0 Å². The van der Waals surface area contributed by atoms with Gasteiger partial charge in [-0.2, -0.15) is 0 Å². The molecule has 12 heteroatoms. The first-order valence-electron chi connectivity index (χ1n) is 13.0. The molecule has 0 bridgehead atoms. The normalized spacial score (nSPS) is 13.5. The number of anilines is 1. The highest BCUT2D eigenvalue weighted by Crippen LogP contribution is 2.32. The maximum absolute atomic E-state index is 13.2. The Balaban J connectivity index is 1.16. The summed E-state index contributed by atoms with van der Waals surface area (Å²) in [6.07, 6.45) is 3.47. The number of amides is 1. The quantitative estimate of drug-likeness (QED) is 0.188. The van der Waals surface area contributed by atoms with Crippen molar-refractivity contribution in [3.8, 4) is 17.1 Å². The van der Waals surface area contributed by atoms with Crippen LogP contribution < -0.4 is 4.90 Å². The predicted molar refractivity (Wildman–Crippen MR) is 166 cm³/mol. The molecule has 1 aliphatic rings. The Morgan fingerprint density at radius 2 is 1.76 bits per heavy atom. The van der Waals surface area contributed by atoms with Gasteiger partial charge in [-0.25, -0.2) is 4.98 Å². The summed E-state index contributed by atoms with van der Waals surface area (Å²) in [6.45, 7) is 4.79. The summed E-state index contributed by atoms with van der Waals surface area (Å²) in [7, 11) is 0. The molecule has 2 aromatic carbocycles. The van der Waals surface area contributed by atoms with E-state index in [2.05, 4.69) is 25.1 Å². The summed E-state index contributed by atoms with van der Waals surface area (Å²) >= 11 is 15.5. The number of carbonyl (C=O) groups excluding carboxylic acids is 1. The molecule has 1 fully saturated rings. The van der Waals surface area contributed by atoms with Gasteiger partial charge < -0.3 is 9.80 Å². The second-order valence-electron chi connectivity index (χ2n) is 9.48. The fourth-order valence-electron chi connectivity index (χ4n) is 4.70. The summed E-state index contributed by atoms with van der Waals surface area (Å²) in [4.78, 5) is 26.2. The Kier molecular flexibility index (Phi) is 8.25. The van der Waals surface area contributed by atoms with Crippen LogP contribution in [0.4, 0.5) is 5.69 Å². The maximum atomic E-state index is 13.2. The van der Waals surface area contributed by atoms with Gasteiger partial charge in [-0.15, -0.1) is 21.5 Å². The number of pyridine rings is 1. The average molecular weight is 623 g/mol. The summed E-state index contributed by atoms with van der Waals surface area (Å²) < 4.78 is 2.01. The van der Waals surface area contributed by atoms with Gasteiger partial charge in [0.05, 0.1) is 11.4 Å². The van der Waals surface area contributed by atoms with Gasteiger partial charge in [0, 0.05) is 65.2 Å². The van der Waals surface area contributed by atoms with Crippen LogP contribution in [-0.4, -0.2) is 61.7 Å². The molecule has 0 N–H and O–H groups in total. The van der Waals surface area contributed by atoms with Crippen molar-refractivity contribution in [3.63, 3.8) is 0 Å². The number of thioether (sulfide) groups is 1. The lowest BCUT2D eigenvalue weighted by Gasteiger charge is -2.35. The van der Waals surface area contributed by atoms with Crippen LogP contribution in [0.25, 0.3) is 17.1 Å². The highest BCUT2D eigenvalue weighted by molar-refractivity contribution is 7.98. The molecule has 6 rings (SSSR count). The van der Waals surface area contributed by atoms with Crippen LogP contribution in [0.3, 0.4) is 0 Å². The van der Waals surface area contributed by atoms with E-state index >= 15 is 0 Å². The third-order valence-electron chi connectivity index (χ3n) is 6.82. The lowest BCUT2D eigenvalue weighted by Crippen LogP contribution is -2.48. The minimum Gasteiger partial charge on any atom is -0.368 e. The molecule has 41 heavy (non-hydrogen) atoms. The summed E-state index contributed by atoms with van der Waals surface area (Å²) in [5.41, 5.74) is 4.40. The Morgan fingerprint density at radius 1 is 0.976 bits per heavy atom. The average Bonchev–Trinajstić information content (AvgIpc) is 3.65. The molecule has 0 saturated carbocycles. The molecule has 5 aromatic rings. The van der Waals surface area contributed by atoms with Gasteiger partial charge in [0.1, 0.15) is 10.7 Å². The number of piperazine rings is 1. The molecule has 0 spiro atoms. The number of hydrogen-bond donors (Lipinski definition) is 0. The number of nitrogens with zero attached hydrogens (tertiary/aromatic N) is 7. The molecule has 4 heterocycles. The number of rotatable bonds is 7. The molecule has 8 nitrogen and oxygen atoms in total. The SMILES string of the molecule is Cc1ccc(Cl)cc1-n1c(SCc2nc(C(=O)N3CCN(c4cccc(Cl)c4)CC3)cs2)nnc1-c1ccncc1. The number of benzene rings is 2. The number of hydrogen-bond acceptors (Lipinski definition) is 8. The first-order valence-corrected chi connectivity index (χ1v) is 15.6. The van der Waals surface area contributed by atoms with Crippen molar-refractivity contribution >= 4 is 57.9 Å². The van der Waals surface area contributed by atoms with Crippen LogP contribution in [0, 0.1) is 6.92 Å². The van der Waals surface area contributed by atoms with Crippen molar-refractivity contribution < 1.29 is 4.79 Å². The van der Waals surface area contributed by atoms with E-state index < -0.39 is 0 Å². The van der Waals surface area contributed by atoms with Crippen LogP contribution in [0.2, 0.25) is 10.0 Å². The minimum absolute atomic E-state index is 0.0408. The van der Waals surface area contributed by atoms with Gasteiger partial charge >= 0.3 is 0 Å². The number of thiazole rings is 1. The lowest BCUT2D eigenvalue weighted by atomic mass is 10.2. The summed E-state index contributed by atoms with van der Waals surface area (Å²) in [6, 6.07) is 17.4. The monoisotopic (exact) mass is 621 g/mol. The van der Waals surface area contributed by atoms with Crippen molar-refractivity contribution in [3.05, 3.63) is 98.7 Å². The molecule has 0 unspecified atom stereocenters. The standard InChI is InChI=1S/C29H25Cl2N7OS2/c1-19-5-6-22(31)16-25(19)38-27(20-7-9-32-10-8-20)34-35-29(38)41-18-26-33-24(17-40-26)28(39)37-13-11-36(12-14-37)23-4-2-3-21(30)15-23/h2-10,15-17H,11-14,18H2,1H3. The van der Waals surface area contributed by atoms with Crippen LogP contribution in [0.1, 0.15) is 21.1 Å². The fourth-order valence-corrected chi connectivity index (χ4v) is 6.78. The van der Waals surface area contributed by atoms with Crippen molar-refractivity contribution in [2.75, 3.05) is 31.1 Å². The Morgan fingerprint density at radius 3 is 2.54 bits per heavy atom. The Labute approximate surface area is 256 Å². The second kappa shape index (κ2) is 12.2. The van der Waals surface area contributed by atoms with Crippen molar-refractivity contribution in [1.82, 2.24) is 29.6 Å². The van der Waals surface area contributed by atoms with Crippen LogP contribution in [0.5, 0.6) is 0 Å². The van der Waals surface area contributed by atoms with Crippen LogP contribution >= 0.6 is 46.3 Å². The van der Waals surface area contributed by atoms with Gasteiger partial charge in [-0.05, 0) is 55.0 Å². The van der Waals surface area contributed by atoms with Gasteiger partial charge in [0.2, 0.25) is 0 Å².